The number of nitrogens with zero attached hydrogens (tertiary/aromatic N) is 4. The van der Waals surface area contributed by atoms with E-state index in [1.807, 2.05) is 27.7 Å². The van der Waals surface area contributed by atoms with E-state index in [1.165, 1.54) is 18.0 Å². The van der Waals surface area contributed by atoms with Crippen LogP contribution in [0.25, 0.3) is 5.69 Å². The van der Waals surface area contributed by atoms with E-state index in [9.17, 15) is 9.59 Å². The van der Waals surface area contributed by atoms with Crippen LogP contribution in [0.3, 0.4) is 0 Å². The molecule has 30 heavy (non-hydrogen) atoms. The molecule has 0 unspecified atom stereocenters. The summed E-state index contributed by atoms with van der Waals surface area (Å²) in [6, 6.07) is 6.87. The number of carbonyl (C=O) groups is 2. The largest absolute Gasteiger partial charge is 0.493 e. The van der Waals surface area contributed by atoms with Crippen LogP contribution in [-0.2, 0) is 5.41 Å². The van der Waals surface area contributed by atoms with Crippen molar-refractivity contribution in [1.29, 1.82) is 0 Å². The molecule has 0 aliphatic rings. The summed E-state index contributed by atoms with van der Waals surface area (Å²) in [6.07, 6.45) is 2.88. The molecular weight excluding hydrogens is 386 g/mol. The van der Waals surface area contributed by atoms with Crippen LogP contribution in [0.15, 0.2) is 36.7 Å². The number of aromatic nitrogens is 4. The van der Waals surface area contributed by atoms with Gasteiger partial charge in [0.15, 0.2) is 11.4 Å². The number of ether oxygens (including phenoxy) is 1. The molecule has 2 heterocycles. The highest BCUT2D eigenvalue weighted by molar-refractivity contribution is 6.05. The van der Waals surface area contributed by atoms with Crippen molar-refractivity contribution in [2.45, 2.75) is 33.1 Å². The fourth-order valence-electron chi connectivity index (χ4n) is 2.78. The molecule has 0 saturated heterocycles. The van der Waals surface area contributed by atoms with E-state index in [-0.39, 0.29) is 17.0 Å². The third kappa shape index (κ3) is 4.29. The van der Waals surface area contributed by atoms with Crippen LogP contribution in [0, 0.1) is 6.92 Å². The highest BCUT2D eigenvalue weighted by Crippen LogP contribution is 2.30. The van der Waals surface area contributed by atoms with Crippen LogP contribution >= 0.6 is 0 Å². The van der Waals surface area contributed by atoms with Crippen LogP contribution in [0.2, 0.25) is 0 Å². The average molecular weight is 409 g/mol. The molecular formula is C21H23N5O4. The van der Waals surface area contributed by atoms with Crippen LogP contribution in [0.1, 0.15) is 52.9 Å². The zero-order valence-corrected chi connectivity index (χ0v) is 17.4. The SMILES string of the molecule is COc1cnc(C(C)(C)C)cc1NC(=O)c1ccc(C)c(-n2cc(C(=O)O)nn2)c1. The van der Waals surface area contributed by atoms with Gasteiger partial charge in [0.2, 0.25) is 0 Å². The first kappa shape index (κ1) is 21.0. The van der Waals surface area contributed by atoms with E-state index < -0.39 is 5.97 Å². The van der Waals surface area contributed by atoms with E-state index in [0.717, 1.165) is 11.3 Å². The van der Waals surface area contributed by atoms with E-state index in [1.54, 1.807) is 30.5 Å². The summed E-state index contributed by atoms with van der Waals surface area (Å²) >= 11 is 0. The fraction of sp³-hybridized carbons (Fsp3) is 0.286. The second kappa shape index (κ2) is 7.94. The Balaban J connectivity index is 1.94. The first-order chi connectivity index (χ1) is 14.1. The number of aryl methyl sites for hydroxylation is 1. The number of anilines is 1. The number of nitrogens with one attached hydrogen (secondary N) is 1. The quantitative estimate of drug-likeness (QED) is 0.664. The summed E-state index contributed by atoms with van der Waals surface area (Å²) in [5, 5.41) is 19.4. The number of carboxylic acid groups (broad SMARTS) is 1. The molecule has 0 radical (unpaired) electrons. The maximum atomic E-state index is 12.9. The number of hydrogen-bond acceptors (Lipinski definition) is 6. The lowest BCUT2D eigenvalue weighted by Gasteiger charge is -2.20. The Kier molecular flexibility index (Phi) is 5.55. The molecule has 2 aromatic heterocycles. The minimum absolute atomic E-state index is 0.180. The molecule has 0 saturated carbocycles. The van der Waals surface area contributed by atoms with Gasteiger partial charge in [-0.1, -0.05) is 32.1 Å². The van der Waals surface area contributed by atoms with Crippen LogP contribution in [0.5, 0.6) is 5.75 Å². The Morgan fingerprint density at radius 2 is 1.93 bits per heavy atom. The van der Waals surface area contributed by atoms with E-state index >= 15 is 0 Å². The molecule has 9 heteroatoms. The third-order valence-corrected chi connectivity index (χ3v) is 4.53. The second-order valence-corrected chi connectivity index (χ2v) is 7.83. The molecule has 3 aromatic rings. The summed E-state index contributed by atoms with van der Waals surface area (Å²) in [5.74, 6) is -1.07. The van der Waals surface area contributed by atoms with Gasteiger partial charge in [0.05, 0.1) is 30.9 Å². The molecule has 2 N–H and O–H groups in total. The summed E-state index contributed by atoms with van der Waals surface area (Å²) in [7, 11) is 1.51. The van der Waals surface area contributed by atoms with Gasteiger partial charge in [-0.15, -0.1) is 5.10 Å². The zero-order chi connectivity index (χ0) is 22.1. The number of carbonyl (C=O) groups excluding carboxylic acids is 1. The third-order valence-electron chi connectivity index (χ3n) is 4.53. The predicted molar refractivity (Wildman–Crippen MR) is 110 cm³/mol. The number of methoxy groups -OCH3 is 1. The Bertz CT molecular complexity index is 1110. The van der Waals surface area contributed by atoms with Gasteiger partial charge in [0, 0.05) is 16.7 Å². The molecule has 0 fully saturated rings. The van der Waals surface area contributed by atoms with Crippen molar-refractivity contribution in [1.82, 2.24) is 20.0 Å². The van der Waals surface area contributed by atoms with Crippen molar-refractivity contribution in [3.63, 3.8) is 0 Å². The second-order valence-electron chi connectivity index (χ2n) is 7.83. The average Bonchev–Trinajstić information content (AvgIpc) is 3.18. The number of aromatic carboxylic acids is 1. The molecule has 0 atom stereocenters. The zero-order valence-electron chi connectivity index (χ0n) is 17.4. The topological polar surface area (TPSA) is 119 Å². The van der Waals surface area contributed by atoms with Gasteiger partial charge in [-0.25, -0.2) is 9.48 Å². The van der Waals surface area contributed by atoms with E-state index in [2.05, 4.69) is 20.6 Å². The van der Waals surface area contributed by atoms with Crippen molar-refractivity contribution < 1.29 is 19.4 Å². The summed E-state index contributed by atoms with van der Waals surface area (Å²) in [6.45, 7) is 7.93. The molecule has 3 rings (SSSR count). The van der Waals surface area contributed by atoms with Crippen LogP contribution in [-0.4, -0.2) is 44.1 Å². The lowest BCUT2D eigenvalue weighted by Crippen LogP contribution is -2.17. The Labute approximate surface area is 173 Å². The van der Waals surface area contributed by atoms with Crippen molar-refractivity contribution >= 4 is 17.6 Å². The Morgan fingerprint density at radius 1 is 1.20 bits per heavy atom. The monoisotopic (exact) mass is 409 g/mol. The first-order valence-electron chi connectivity index (χ1n) is 9.22. The van der Waals surface area contributed by atoms with Crippen molar-refractivity contribution in [3.8, 4) is 11.4 Å². The Hall–Kier alpha value is -3.75. The minimum atomic E-state index is -1.17. The van der Waals surface area contributed by atoms with E-state index in [4.69, 9.17) is 9.84 Å². The van der Waals surface area contributed by atoms with Crippen molar-refractivity contribution in [2.75, 3.05) is 12.4 Å². The smallest absolute Gasteiger partial charge is 0.358 e. The van der Waals surface area contributed by atoms with Gasteiger partial charge in [-0.2, -0.15) is 0 Å². The van der Waals surface area contributed by atoms with Gasteiger partial charge in [0.1, 0.15) is 0 Å². The lowest BCUT2D eigenvalue weighted by molar-refractivity contribution is 0.0690. The molecule has 0 aliphatic carbocycles. The van der Waals surface area contributed by atoms with Gasteiger partial charge in [0.25, 0.3) is 5.91 Å². The van der Waals surface area contributed by atoms with Crippen molar-refractivity contribution in [3.05, 3.63) is 59.2 Å². The fourth-order valence-corrected chi connectivity index (χ4v) is 2.78. The maximum Gasteiger partial charge on any atom is 0.358 e. The van der Waals surface area contributed by atoms with Gasteiger partial charge >= 0.3 is 5.97 Å². The number of rotatable bonds is 5. The molecule has 9 nitrogen and oxygen atoms in total. The number of pyridine rings is 1. The summed E-state index contributed by atoms with van der Waals surface area (Å²) in [5.41, 5.74) is 2.69. The molecule has 156 valence electrons. The Morgan fingerprint density at radius 3 is 2.53 bits per heavy atom. The minimum Gasteiger partial charge on any atom is -0.493 e. The van der Waals surface area contributed by atoms with Crippen LogP contribution in [0.4, 0.5) is 5.69 Å². The summed E-state index contributed by atoms with van der Waals surface area (Å²) < 4.78 is 6.67. The standard InChI is InChI=1S/C21H23N5O4/c1-12-6-7-13(8-16(12)26-11-15(20(28)29)24-25-26)19(27)23-14-9-18(21(2,3)4)22-10-17(14)30-5/h6-11H,1-5H3,(H,28,29)(H,22,23,27). The van der Waals surface area contributed by atoms with Gasteiger partial charge in [-0.3, -0.25) is 9.78 Å². The van der Waals surface area contributed by atoms with Gasteiger partial charge < -0.3 is 15.2 Å². The highest BCUT2D eigenvalue weighted by atomic mass is 16.5. The number of amides is 1. The van der Waals surface area contributed by atoms with E-state index in [0.29, 0.717) is 22.7 Å². The maximum absolute atomic E-state index is 12.9. The first-order valence-corrected chi connectivity index (χ1v) is 9.22. The van der Waals surface area contributed by atoms with Crippen LogP contribution < -0.4 is 10.1 Å². The molecule has 1 amide bonds. The number of benzene rings is 1. The number of hydrogen-bond donors (Lipinski definition) is 2. The lowest BCUT2D eigenvalue weighted by atomic mass is 9.91. The van der Waals surface area contributed by atoms with Gasteiger partial charge in [-0.05, 0) is 30.7 Å². The normalized spacial score (nSPS) is 11.2. The number of carboxylic acids is 1. The molecule has 0 aliphatic heterocycles. The molecule has 1 aromatic carbocycles. The van der Waals surface area contributed by atoms with Crippen molar-refractivity contribution in [2.24, 2.45) is 0 Å². The molecule has 0 spiro atoms. The highest BCUT2D eigenvalue weighted by Gasteiger charge is 2.19. The molecule has 0 bridgehead atoms. The predicted octanol–water partition coefficient (Wildman–Crippen LogP) is 3.23. The summed E-state index contributed by atoms with van der Waals surface area (Å²) in [4.78, 5) is 28.4.